The Balaban J connectivity index is 1.54. The van der Waals surface area contributed by atoms with Gasteiger partial charge in [0.15, 0.2) is 5.96 Å². The molecule has 0 atom stereocenters. The first kappa shape index (κ1) is 23.0. The molecule has 1 aliphatic heterocycles. The van der Waals surface area contributed by atoms with Gasteiger partial charge in [-0.05, 0) is 64.4 Å². The van der Waals surface area contributed by atoms with Crippen LogP contribution >= 0.6 is 0 Å². The van der Waals surface area contributed by atoms with Crippen molar-refractivity contribution in [2.24, 2.45) is 16.6 Å². The number of likely N-dealkylation sites (tertiary alicyclic amines) is 1. The minimum Gasteiger partial charge on any atom is -0.494 e. The highest BCUT2D eigenvalue weighted by Gasteiger charge is 2.22. The minimum atomic E-state index is -0.143. The maximum Gasteiger partial charge on any atom is 0.220 e. The minimum absolute atomic E-state index is 0.0740. The number of carbonyl (C=O) groups excluding carboxylic acids is 1. The van der Waals surface area contributed by atoms with Gasteiger partial charge in [0.1, 0.15) is 5.75 Å². The van der Waals surface area contributed by atoms with E-state index in [-0.39, 0.29) is 11.8 Å². The Morgan fingerprint density at radius 1 is 1.17 bits per heavy atom. The van der Waals surface area contributed by atoms with E-state index in [9.17, 15) is 4.79 Å². The number of primary amides is 1. The normalized spacial score (nSPS) is 15.8. The zero-order valence-electron chi connectivity index (χ0n) is 17.7. The molecule has 1 aromatic carbocycles. The lowest BCUT2D eigenvalue weighted by Crippen LogP contribution is -2.39. The number of benzene rings is 1. The molecule has 29 heavy (non-hydrogen) atoms. The van der Waals surface area contributed by atoms with E-state index in [4.69, 9.17) is 10.5 Å². The van der Waals surface area contributed by atoms with Gasteiger partial charge in [-0.25, -0.2) is 0 Å². The molecule has 7 nitrogen and oxygen atoms in total. The Kier molecular flexibility index (Phi) is 11.0. The van der Waals surface area contributed by atoms with Crippen molar-refractivity contribution < 1.29 is 9.53 Å². The third-order valence-corrected chi connectivity index (χ3v) is 5.11. The molecule has 1 heterocycles. The Morgan fingerprint density at radius 3 is 2.62 bits per heavy atom. The van der Waals surface area contributed by atoms with E-state index in [1.807, 2.05) is 30.3 Å². The van der Waals surface area contributed by atoms with Crippen LogP contribution in [-0.2, 0) is 4.79 Å². The summed E-state index contributed by atoms with van der Waals surface area (Å²) in [4.78, 5) is 18.3. The lowest BCUT2D eigenvalue weighted by molar-refractivity contribution is -0.123. The number of rotatable bonds is 12. The lowest BCUT2D eigenvalue weighted by Gasteiger charge is -2.30. The number of ether oxygens (including phenoxy) is 1. The molecule has 0 aromatic heterocycles. The van der Waals surface area contributed by atoms with E-state index in [0.717, 1.165) is 83.1 Å². The van der Waals surface area contributed by atoms with Gasteiger partial charge in [0, 0.05) is 32.0 Å². The highest BCUT2D eigenvalue weighted by atomic mass is 16.5. The number of para-hydroxylation sites is 1. The maximum atomic E-state index is 11.2. The Hall–Kier alpha value is -2.28. The molecule has 0 unspecified atom stereocenters. The average Bonchev–Trinajstić information content (AvgIpc) is 2.74. The van der Waals surface area contributed by atoms with Crippen molar-refractivity contribution in [1.82, 2.24) is 15.5 Å². The predicted molar refractivity (Wildman–Crippen MR) is 118 cm³/mol. The van der Waals surface area contributed by atoms with Crippen LogP contribution in [0.3, 0.4) is 0 Å². The smallest absolute Gasteiger partial charge is 0.220 e. The van der Waals surface area contributed by atoms with E-state index in [0.29, 0.717) is 6.61 Å². The molecule has 1 aromatic rings. The van der Waals surface area contributed by atoms with Crippen LogP contribution in [0, 0.1) is 5.92 Å². The molecule has 1 saturated heterocycles. The first-order chi connectivity index (χ1) is 14.2. The van der Waals surface area contributed by atoms with Gasteiger partial charge in [-0.3, -0.25) is 9.79 Å². The van der Waals surface area contributed by atoms with Crippen LogP contribution in [0.4, 0.5) is 0 Å². The second kappa shape index (κ2) is 13.8. The molecular weight excluding hydrogens is 366 g/mol. The van der Waals surface area contributed by atoms with Crippen LogP contribution in [0.5, 0.6) is 5.75 Å². The van der Waals surface area contributed by atoms with E-state index in [1.54, 1.807) is 0 Å². The zero-order valence-corrected chi connectivity index (χ0v) is 17.7. The van der Waals surface area contributed by atoms with Gasteiger partial charge in [0.05, 0.1) is 6.61 Å². The standard InChI is InChI=1S/C22H37N5O2/c1-2-24-22(26-14-8-18-29-20-9-4-3-5-10-20)25-13-6-7-15-27-16-11-19(12-17-27)21(23)28/h3-5,9-10,19H,2,6-8,11-18H2,1H3,(H2,23,28)(H2,24,25,26). The number of hydrogen-bond acceptors (Lipinski definition) is 4. The monoisotopic (exact) mass is 403 g/mol. The van der Waals surface area contributed by atoms with Gasteiger partial charge in [-0.1, -0.05) is 18.2 Å². The number of nitrogens with zero attached hydrogens (tertiary/aromatic N) is 2. The van der Waals surface area contributed by atoms with E-state index < -0.39 is 0 Å². The molecule has 0 bridgehead atoms. The molecule has 1 amide bonds. The second-order valence-electron chi connectivity index (χ2n) is 7.43. The predicted octanol–water partition coefficient (Wildman–Crippen LogP) is 1.99. The number of guanidine groups is 1. The molecule has 7 heteroatoms. The van der Waals surface area contributed by atoms with E-state index >= 15 is 0 Å². The molecule has 2 rings (SSSR count). The number of hydrogen-bond donors (Lipinski definition) is 3. The van der Waals surface area contributed by atoms with Crippen LogP contribution < -0.4 is 21.1 Å². The first-order valence-electron chi connectivity index (χ1n) is 10.9. The SMILES string of the molecule is CCNC(=NCCCOc1ccccc1)NCCCCN1CCC(C(N)=O)CC1. The van der Waals surface area contributed by atoms with Gasteiger partial charge in [0.25, 0.3) is 0 Å². The summed E-state index contributed by atoms with van der Waals surface area (Å²) in [6, 6.07) is 9.87. The quantitative estimate of drug-likeness (QED) is 0.282. The number of carbonyl (C=O) groups is 1. The number of unbranched alkanes of at least 4 members (excludes halogenated alkanes) is 1. The van der Waals surface area contributed by atoms with Gasteiger partial charge in [0.2, 0.25) is 5.91 Å². The summed E-state index contributed by atoms with van der Waals surface area (Å²) in [6.07, 6.45) is 4.92. The summed E-state index contributed by atoms with van der Waals surface area (Å²) in [5.41, 5.74) is 5.39. The third-order valence-electron chi connectivity index (χ3n) is 5.11. The molecule has 0 aliphatic carbocycles. The van der Waals surface area contributed by atoms with Crippen molar-refractivity contribution in [3.8, 4) is 5.75 Å². The van der Waals surface area contributed by atoms with Crippen LogP contribution in [0.1, 0.15) is 39.0 Å². The molecule has 1 aliphatic rings. The third kappa shape index (κ3) is 9.65. The summed E-state index contributed by atoms with van der Waals surface area (Å²) in [7, 11) is 0. The van der Waals surface area contributed by atoms with E-state index in [1.165, 1.54) is 0 Å². The highest BCUT2D eigenvalue weighted by molar-refractivity contribution is 5.79. The molecule has 0 radical (unpaired) electrons. The van der Waals surface area contributed by atoms with Crippen molar-refractivity contribution in [3.05, 3.63) is 30.3 Å². The molecule has 162 valence electrons. The van der Waals surface area contributed by atoms with Gasteiger partial charge >= 0.3 is 0 Å². The van der Waals surface area contributed by atoms with E-state index in [2.05, 4.69) is 27.4 Å². The Morgan fingerprint density at radius 2 is 1.93 bits per heavy atom. The fourth-order valence-electron chi connectivity index (χ4n) is 3.41. The second-order valence-corrected chi connectivity index (χ2v) is 7.43. The summed E-state index contributed by atoms with van der Waals surface area (Å²) in [6.45, 7) is 8.27. The number of aliphatic imine (C=N–C) groups is 1. The molecule has 4 N–H and O–H groups in total. The summed E-state index contributed by atoms with van der Waals surface area (Å²) in [5, 5.41) is 6.70. The fraction of sp³-hybridized carbons (Fsp3) is 0.636. The number of amides is 1. The Labute approximate surface area is 175 Å². The van der Waals surface area contributed by atoms with Crippen LogP contribution in [0.2, 0.25) is 0 Å². The Bertz CT molecular complexity index is 600. The van der Waals surface area contributed by atoms with Crippen LogP contribution in [0.25, 0.3) is 0 Å². The summed E-state index contributed by atoms with van der Waals surface area (Å²) >= 11 is 0. The first-order valence-corrected chi connectivity index (χ1v) is 10.9. The van der Waals surface area contributed by atoms with Crippen molar-refractivity contribution >= 4 is 11.9 Å². The largest absolute Gasteiger partial charge is 0.494 e. The van der Waals surface area contributed by atoms with Crippen LogP contribution in [-0.4, -0.2) is 62.6 Å². The van der Waals surface area contributed by atoms with Crippen molar-refractivity contribution in [1.29, 1.82) is 0 Å². The number of nitrogens with one attached hydrogen (secondary N) is 2. The van der Waals surface area contributed by atoms with Crippen LogP contribution in [0.15, 0.2) is 35.3 Å². The topological polar surface area (TPSA) is 92.0 Å². The summed E-state index contributed by atoms with van der Waals surface area (Å²) in [5.74, 6) is 1.70. The average molecular weight is 404 g/mol. The fourth-order valence-corrected chi connectivity index (χ4v) is 3.41. The van der Waals surface area contributed by atoms with Gasteiger partial charge in [-0.15, -0.1) is 0 Å². The van der Waals surface area contributed by atoms with Crippen molar-refractivity contribution in [2.75, 3.05) is 45.9 Å². The maximum absolute atomic E-state index is 11.2. The zero-order chi connectivity index (χ0) is 20.7. The van der Waals surface area contributed by atoms with Gasteiger partial charge in [-0.2, -0.15) is 0 Å². The van der Waals surface area contributed by atoms with Gasteiger partial charge < -0.3 is 26.0 Å². The van der Waals surface area contributed by atoms with Crippen molar-refractivity contribution in [2.45, 2.75) is 39.0 Å². The number of nitrogens with two attached hydrogens (primary N) is 1. The molecular formula is C22H37N5O2. The lowest BCUT2D eigenvalue weighted by atomic mass is 9.96. The summed E-state index contributed by atoms with van der Waals surface area (Å²) < 4.78 is 5.70. The molecule has 0 spiro atoms. The molecule has 1 fully saturated rings. The highest BCUT2D eigenvalue weighted by Crippen LogP contribution is 2.16. The number of piperidine rings is 1. The van der Waals surface area contributed by atoms with Crippen molar-refractivity contribution in [3.63, 3.8) is 0 Å². The molecule has 0 saturated carbocycles.